The van der Waals surface area contributed by atoms with Crippen molar-refractivity contribution >= 4 is 0 Å². The molecule has 32 heavy (non-hydrogen) atoms. The van der Waals surface area contributed by atoms with Crippen molar-refractivity contribution in [3.05, 3.63) is 59.7 Å². The summed E-state index contributed by atoms with van der Waals surface area (Å²) in [4.78, 5) is 0. The van der Waals surface area contributed by atoms with Gasteiger partial charge < -0.3 is 9.47 Å². The molecule has 0 amide bonds. The largest absolute Gasteiger partial charge is 0.348 e. The van der Waals surface area contributed by atoms with Crippen molar-refractivity contribution in [2.24, 2.45) is 11.3 Å². The number of hydrogen-bond donors (Lipinski definition) is 0. The molecule has 1 heterocycles. The summed E-state index contributed by atoms with van der Waals surface area (Å²) in [6.45, 7) is 5.95. The Kier molecular flexibility index (Phi) is 7.66. The number of ether oxygens (including phenoxy) is 2. The van der Waals surface area contributed by atoms with Crippen LogP contribution in [0.3, 0.4) is 0 Å². The Hall–Kier alpha value is -2.15. The zero-order valence-corrected chi connectivity index (χ0v) is 19.7. The van der Waals surface area contributed by atoms with E-state index in [1.165, 1.54) is 29.5 Å². The minimum Gasteiger partial charge on any atom is -0.348 e. The summed E-state index contributed by atoms with van der Waals surface area (Å²) < 4.78 is 11.8. The van der Waals surface area contributed by atoms with E-state index in [2.05, 4.69) is 68.4 Å². The van der Waals surface area contributed by atoms with Crippen LogP contribution in [-0.4, -0.2) is 13.2 Å². The molecule has 0 bridgehead atoms. The normalized spacial score (nSPS) is 28.2. The summed E-state index contributed by atoms with van der Waals surface area (Å²) in [5.41, 5.74) is 4.89. The second kappa shape index (κ2) is 10.6. The minimum absolute atomic E-state index is 0.0720. The lowest BCUT2D eigenvalue weighted by Crippen LogP contribution is -2.26. The summed E-state index contributed by atoms with van der Waals surface area (Å²) in [5.74, 6) is 1.10. The van der Waals surface area contributed by atoms with Gasteiger partial charge in [0, 0.05) is 11.5 Å². The first-order valence-corrected chi connectivity index (χ1v) is 12.5. The average molecular weight is 432 g/mol. The number of nitriles is 1. The summed E-state index contributed by atoms with van der Waals surface area (Å²) in [6, 6.07) is 20.3. The van der Waals surface area contributed by atoms with Gasteiger partial charge in [-0.2, -0.15) is 5.26 Å². The maximum atomic E-state index is 9.75. The molecule has 0 unspecified atom stereocenters. The van der Waals surface area contributed by atoms with E-state index < -0.39 is 0 Å². The molecule has 0 N–H and O–H groups in total. The molecule has 2 aliphatic rings. The molecule has 0 aromatic heterocycles. The monoisotopic (exact) mass is 431 g/mol. The van der Waals surface area contributed by atoms with Crippen LogP contribution in [0.15, 0.2) is 48.5 Å². The Labute approximate surface area is 193 Å². The van der Waals surface area contributed by atoms with Gasteiger partial charge in [0.25, 0.3) is 0 Å². The lowest BCUT2D eigenvalue weighted by Gasteiger charge is -2.35. The van der Waals surface area contributed by atoms with Gasteiger partial charge in [0.1, 0.15) is 0 Å². The molecule has 170 valence electrons. The molecule has 0 spiro atoms. The van der Waals surface area contributed by atoms with E-state index in [1.54, 1.807) is 0 Å². The fourth-order valence-corrected chi connectivity index (χ4v) is 5.19. The van der Waals surface area contributed by atoms with Gasteiger partial charge in [-0.25, -0.2) is 0 Å². The molecule has 1 aliphatic carbocycles. The van der Waals surface area contributed by atoms with E-state index in [-0.39, 0.29) is 11.7 Å². The smallest absolute Gasteiger partial charge is 0.183 e. The fraction of sp³-hybridized carbons (Fsp3) is 0.552. The van der Waals surface area contributed by atoms with E-state index in [9.17, 15) is 5.26 Å². The molecule has 0 atom stereocenters. The SMILES string of the molecule is CCCCC1(C#N)CCC(c2ccc(-c3ccc(C4OCC(CC)CO4)cc3)cc2)CC1. The topological polar surface area (TPSA) is 42.2 Å². The van der Waals surface area contributed by atoms with Crippen LogP contribution in [-0.2, 0) is 9.47 Å². The van der Waals surface area contributed by atoms with Gasteiger partial charge in [-0.1, -0.05) is 75.2 Å². The fourth-order valence-electron chi connectivity index (χ4n) is 5.19. The Balaban J connectivity index is 1.35. The molecule has 2 aromatic carbocycles. The van der Waals surface area contributed by atoms with E-state index in [0.29, 0.717) is 11.8 Å². The summed E-state index contributed by atoms with van der Waals surface area (Å²) in [7, 11) is 0. The molecular weight excluding hydrogens is 394 g/mol. The maximum absolute atomic E-state index is 9.75. The molecule has 0 radical (unpaired) electrons. The number of nitrogens with zero attached hydrogens (tertiary/aromatic N) is 1. The van der Waals surface area contributed by atoms with Gasteiger partial charge in [0.2, 0.25) is 0 Å². The van der Waals surface area contributed by atoms with Crippen molar-refractivity contribution in [2.45, 2.75) is 77.4 Å². The van der Waals surface area contributed by atoms with E-state index in [0.717, 1.165) is 57.3 Å². The van der Waals surface area contributed by atoms with Crippen LogP contribution in [0.25, 0.3) is 11.1 Å². The van der Waals surface area contributed by atoms with Gasteiger partial charge in [0.15, 0.2) is 6.29 Å². The van der Waals surface area contributed by atoms with E-state index in [1.807, 2.05) is 0 Å². The number of unbranched alkanes of at least 4 members (excludes halogenated alkanes) is 1. The van der Waals surface area contributed by atoms with Crippen LogP contribution >= 0.6 is 0 Å². The van der Waals surface area contributed by atoms with Crippen LogP contribution in [0.2, 0.25) is 0 Å². The summed E-state index contributed by atoms with van der Waals surface area (Å²) in [5, 5.41) is 9.75. The van der Waals surface area contributed by atoms with Gasteiger partial charge >= 0.3 is 0 Å². The molecule has 4 rings (SSSR count). The zero-order valence-electron chi connectivity index (χ0n) is 19.7. The third-order valence-electron chi connectivity index (χ3n) is 7.63. The number of rotatable bonds is 7. The predicted molar refractivity (Wildman–Crippen MR) is 129 cm³/mol. The lowest BCUT2D eigenvalue weighted by molar-refractivity contribution is -0.205. The Morgan fingerprint density at radius 1 is 0.875 bits per heavy atom. The van der Waals surface area contributed by atoms with Gasteiger partial charge in [0.05, 0.1) is 24.7 Å². The van der Waals surface area contributed by atoms with Crippen molar-refractivity contribution in [1.82, 2.24) is 0 Å². The highest BCUT2D eigenvalue weighted by molar-refractivity contribution is 5.64. The van der Waals surface area contributed by atoms with Crippen LogP contribution < -0.4 is 0 Å². The molecule has 1 saturated heterocycles. The Morgan fingerprint density at radius 2 is 1.44 bits per heavy atom. The van der Waals surface area contributed by atoms with Gasteiger partial charge in [-0.3, -0.25) is 0 Å². The predicted octanol–water partition coefficient (Wildman–Crippen LogP) is 7.78. The maximum Gasteiger partial charge on any atom is 0.183 e. The first kappa shape index (κ1) is 23.0. The molecular formula is C29H37NO2. The number of benzene rings is 2. The molecule has 1 saturated carbocycles. The third kappa shape index (κ3) is 5.25. The first-order valence-electron chi connectivity index (χ1n) is 12.5. The number of hydrogen-bond acceptors (Lipinski definition) is 3. The highest BCUT2D eigenvalue weighted by atomic mass is 16.7. The second-order valence-electron chi connectivity index (χ2n) is 9.79. The van der Waals surface area contributed by atoms with Crippen molar-refractivity contribution in [1.29, 1.82) is 5.26 Å². The Bertz CT molecular complexity index is 880. The standard InChI is InChI=1S/C29H37NO2/c1-3-5-16-29(21-30)17-14-26(15-18-29)25-8-6-23(7-9-25)24-10-12-27(13-11-24)28-31-19-22(4-2)20-32-28/h6-13,22,26,28H,3-5,14-20H2,1-2H3. The summed E-state index contributed by atoms with van der Waals surface area (Å²) in [6.07, 6.45) is 8.62. The van der Waals surface area contributed by atoms with Crippen LogP contribution in [0.1, 0.15) is 88.5 Å². The van der Waals surface area contributed by atoms with Crippen LogP contribution in [0.5, 0.6) is 0 Å². The highest BCUT2D eigenvalue weighted by Gasteiger charge is 2.35. The van der Waals surface area contributed by atoms with Crippen molar-refractivity contribution < 1.29 is 9.47 Å². The second-order valence-corrected chi connectivity index (χ2v) is 9.79. The quantitative estimate of drug-likeness (QED) is 0.449. The van der Waals surface area contributed by atoms with Crippen molar-refractivity contribution in [2.75, 3.05) is 13.2 Å². The molecule has 3 heteroatoms. The third-order valence-corrected chi connectivity index (χ3v) is 7.63. The van der Waals surface area contributed by atoms with E-state index in [4.69, 9.17) is 9.47 Å². The Morgan fingerprint density at radius 3 is 1.94 bits per heavy atom. The van der Waals surface area contributed by atoms with Crippen molar-refractivity contribution in [3.63, 3.8) is 0 Å². The van der Waals surface area contributed by atoms with Crippen LogP contribution in [0, 0.1) is 22.7 Å². The molecule has 1 aliphatic heterocycles. The zero-order chi connectivity index (χ0) is 22.4. The minimum atomic E-state index is -0.238. The van der Waals surface area contributed by atoms with E-state index >= 15 is 0 Å². The first-order chi connectivity index (χ1) is 15.7. The summed E-state index contributed by atoms with van der Waals surface area (Å²) >= 11 is 0. The van der Waals surface area contributed by atoms with Gasteiger partial charge in [-0.15, -0.1) is 0 Å². The molecule has 3 nitrogen and oxygen atoms in total. The highest BCUT2D eigenvalue weighted by Crippen LogP contribution is 2.45. The molecule has 2 aromatic rings. The van der Waals surface area contributed by atoms with Crippen LogP contribution in [0.4, 0.5) is 0 Å². The van der Waals surface area contributed by atoms with Gasteiger partial charge in [-0.05, 0) is 61.1 Å². The molecule has 2 fully saturated rings. The average Bonchev–Trinajstić information content (AvgIpc) is 2.88. The van der Waals surface area contributed by atoms with Crippen molar-refractivity contribution in [3.8, 4) is 17.2 Å². The lowest BCUT2D eigenvalue weighted by atomic mass is 9.67.